The highest BCUT2D eigenvalue weighted by atomic mass is 35.5. The van der Waals surface area contributed by atoms with Crippen LogP contribution in [-0.4, -0.2) is 45.9 Å². The molecule has 0 unspecified atom stereocenters. The molecule has 9 heteroatoms. The standard InChI is InChI=1S/C19H21ClN2O5S/c1-13(22(28(2,24)25)15-7-5-6-14(20)10-15)19(23)21-11-16-12-26-17-8-3-4-9-18(17)27-16/h3-10,13,16H,11-12H2,1-2H3,(H,21,23)/t13-,16-/m0/s1. The van der Waals surface area contributed by atoms with Gasteiger partial charge in [-0.1, -0.05) is 29.8 Å². The average molecular weight is 425 g/mol. The second kappa shape index (κ2) is 8.28. The number of benzene rings is 2. The SMILES string of the molecule is C[C@@H](C(=O)NC[C@H]1COc2ccccc2O1)N(c1cccc(Cl)c1)S(C)(=O)=O. The molecule has 1 N–H and O–H groups in total. The lowest BCUT2D eigenvalue weighted by Crippen LogP contribution is -2.50. The maximum atomic E-state index is 12.6. The summed E-state index contributed by atoms with van der Waals surface area (Å²) in [6.07, 6.45) is 0.677. The van der Waals surface area contributed by atoms with Crippen LogP contribution in [0.3, 0.4) is 0 Å². The van der Waals surface area contributed by atoms with E-state index in [9.17, 15) is 13.2 Å². The maximum Gasteiger partial charge on any atom is 0.243 e. The van der Waals surface area contributed by atoms with E-state index in [-0.39, 0.29) is 19.3 Å². The first kappa shape index (κ1) is 20.3. The van der Waals surface area contributed by atoms with Gasteiger partial charge in [-0.2, -0.15) is 0 Å². The number of ether oxygens (including phenoxy) is 2. The Balaban J connectivity index is 1.67. The number of anilines is 1. The molecule has 0 bridgehead atoms. The predicted octanol–water partition coefficient (Wildman–Crippen LogP) is 2.45. The summed E-state index contributed by atoms with van der Waals surface area (Å²) < 4.78 is 37.0. The molecule has 0 saturated heterocycles. The summed E-state index contributed by atoms with van der Waals surface area (Å²) in [4.78, 5) is 12.6. The summed E-state index contributed by atoms with van der Waals surface area (Å²) in [5, 5.41) is 3.12. The third-order valence-corrected chi connectivity index (χ3v) is 5.70. The maximum absolute atomic E-state index is 12.6. The minimum absolute atomic E-state index is 0.185. The highest BCUT2D eigenvalue weighted by Crippen LogP contribution is 2.30. The molecule has 3 rings (SSSR count). The summed E-state index contributed by atoms with van der Waals surface area (Å²) in [5.41, 5.74) is 0.323. The van der Waals surface area contributed by atoms with Gasteiger partial charge < -0.3 is 14.8 Å². The topological polar surface area (TPSA) is 84.9 Å². The van der Waals surface area contributed by atoms with Gasteiger partial charge in [0.25, 0.3) is 0 Å². The third kappa shape index (κ3) is 4.69. The van der Waals surface area contributed by atoms with Crippen LogP contribution in [0.4, 0.5) is 5.69 Å². The monoisotopic (exact) mass is 424 g/mol. The van der Waals surface area contributed by atoms with E-state index >= 15 is 0 Å². The van der Waals surface area contributed by atoms with Crippen LogP contribution in [0.15, 0.2) is 48.5 Å². The Morgan fingerprint density at radius 2 is 1.96 bits per heavy atom. The van der Waals surface area contributed by atoms with Crippen molar-refractivity contribution >= 4 is 33.2 Å². The number of hydrogen-bond acceptors (Lipinski definition) is 5. The molecule has 1 amide bonds. The molecule has 1 heterocycles. The van der Waals surface area contributed by atoms with Gasteiger partial charge in [-0.3, -0.25) is 9.10 Å². The number of carbonyl (C=O) groups is 1. The number of carbonyl (C=O) groups excluding carboxylic acids is 1. The quantitative estimate of drug-likeness (QED) is 0.769. The van der Waals surface area contributed by atoms with E-state index in [2.05, 4.69) is 5.32 Å². The Hall–Kier alpha value is -2.45. The van der Waals surface area contributed by atoms with Crippen molar-refractivity contribution in [1.82, 2.24) is 5.32 Å². The van der Waals surface area contributed by atoms with Gasteiger partial charge >= 0.3 is 0 Å². The van der Waals surface area contributed by atoms with Crippen molar-refractivity contribution < 1.29 is 22.7 Å². The third-order valence-electron chi connectivity index (χ3n) is 4.22. The van der Waals surface area contributed by atoms with E-state index in [4.69, 9.17) is 21.1 Å². The van der Waals surface area contributed by atoms with Gasteiger partial charge in [-0.15, -0.1) is 0 Å². The second-order valence-corrected chi connectivity index (χ2v) is 8.75. The average Bonchev–Trinajstić information content (AvgIpc) is 2.65. The van der Waals surface area contributed by atoms with Crippen LogP contribution in [0.1, 0.15) is 6.92 Å². The number of nitrogens with zero attached hydrogens (tertiary/aromatic N) is 1. The molecule has 0 saturated carbocycles. The second-order valence-electron chi connectivity index (χ2n) is 6.46. The molecule has 0 fully saturated rings. The normalized spacial score (nSPS) is 16.9. The number of halogens is 1. The molecule has 150 valence electrons. The molecule has 7 nitrogen and oxygen atoms in total. The fourth-order valence-electron chi connectivity index (χ4n) is 2.95. The van der Waals surface area contributed by atoms with Gasteiger partial charge in [0.15, 0.2) is 11.5 Å². The van der Waals surface area contributed by atoms with Crippen molar-refractivity contribution in [1.29, 1.82) is 0 Å². The van der Waals surface area contributed by atoms with Crippen LogP contribution in [0.25, 0.3) is 0 Å². The highest BCUT2D eigenvalue weighted by Gasteiger charge is 2.30. The lowest BCUT2D eigenvalue weighted by atomic mass is 10.2. The summed E-state index contributed by atoms with van der Waals surface area (Å²) in [5.74, 6) is 0.813. The van der Waals surface area contributed by atoms with E-state index in [0.29, 0.717) is 22.2 Å². The van der Waals surface area contributed by atoms with Gasteiger partial charge in [0.05, 0.1) is 18.5 Å². The Labute approximate surface area is 169 Å². The molecular formula is C19H21ClN2O5S. The van der Waals surface area contributed by atoms with Gasteiger partial charge in [-0.05, 0) is 37.3 Å². The summed E-state index contributed by atoms with van der Waals surface area (Å²) in [7, 11) is -3.70. The summed E-state index contributed by atoms with van der Waals surface area (Å²) in [6.45, 7) is 1.99. The summed E-state index contributed by atoms with van der Waals surface area (Å²) >= 11 is 5.97. The van der Waals surface area contributed by atoms with Crippen molar-refractivity contribution in [2.75, 3.05) is 23.7 Å². The van der Waals surface area contributed by atoms with Crippen molar-refractivity contribution in [3.05, 3.63) is 53.6 Å². The number of amides is 1. The molecular weight excluding hydrogens is 404 g/mol. The van der Waals surface area contributed by atoms with E-state index in [1.54, 1.807) is 30.3 Å². The van der Waals surface area contributed by atoms with Crippen LogP contribution in [-0.2, 0) is 14.8 Å². The molecule has 2 aromatic carbocycles. The number of sulfonamides is 1. The highest BCUT2D eigenvalue weighted by molar-refractivity contribution is 7.92. The minimum atomic E-state index is -3.70. The fraction of sp³-hybridized carbons (Fsp3) is 0.316. The number of para-hydroxylation sites is 2. The zero-order valence-electron chi connectivity index (χ0n) is 15.5. The van der Waals surface area contributed by atoms with Crippen LogP contribution in [0.2, 0.25) is 5.02 Å². The van der Waals surface area contributed by atoms with Crippen molar-refractivity contribution in [3.8, 4) is 11.5 Å². The molecule has 2 aromatic rings. The molecule has 0 aliphatic carbocycles. The Morgan fingerprint density at radius 3 is 2.64 bits per heavy atom. The number of nitrogens with one attached hydrogen (secondary N) is 1. The van der Waals surface area contributed by atoms with Crippen molar-refractivity contribution in [3.63, 3.8) is 0 Å². The van der Waals surface area contributed by atoms with Gasteiger partial charge in [0, 0.05) is 5.02 Å². The smallest absolute Gasteiger partial charge is 0.243 e. The Bertz CT molecular complexity index is 966. The van der Waals surface area contributed by atoms with E-state index in [0.717, 1.165) is 10.6 Å². The number of hydrogen-bond donors (Lipinski definition) is 1. The van der Waals surface area contributed by atoms with E-state index in [1.165, 1.54) is 13.0 Å². The van der Waals surface area contributed by atoms with Gasteiger partial charge in [0.1, 0.15) is 18.8 Å². The molecule has 2 atom stereocenters. The summed E-state index contributed by atoms with van der Waals surface area (Å²) in [6, 6.07) is 12.7. The van der Waals surface area contributed by atoms with E-state index in [1.807, 2.05) is 12.1 Å². The van der Waals surface area contributed by atoms with Gasteiger partial charge in [0.2, 0.25) is 15.9 Å². The first-order chi connectivity index (χ1) is 13.3. The van der Waals surface area contributed by atoms with Crippen LogP contribution in [0, 0.1) is 0 Å². The Morgan fingerprint density at radius 1 is 1.25 bits per heavy atom. The molecule has 1 aliphatic rings. The lowest BCUT2D eigenvalue weighted by molar-refractivity contribution is -0.122. The number of rotatable bonds is 6. The molecule has 0 spiro atoms. The molecule has 28 heavy (non-hydrogen) atoms. The van der Waals surface area contributed by atoms with Gasteiger partial charge in [-0.25, -0.2) is 8.42 Å². The molecule has 0 aromatic heterocycles. The van der Waals surface area contributed by atoms with Crippen molar-refractivity contribution in [2.45, 2.75) is 19.1 Å². The van der Waals surface area contributed by atoms with E-state index < -0.39 is 22.0 Å². The lowest BCUT2D eigenvalue weighted by Gasteiger charge is -2.30. The molecule has 1 aliphatic heterocycles. The van der Waals surface area contributed by atoms with Crippen LogP contribution >= 0.6 is 11.6 Å². The number of fused-ring (bicyclic) bond motifs is 1. The van der Waals surface area contributed by atoms with Crippen molar-refractivity contribution in [2.24, 2.45) is 0 Å². The Kier molecular flexibility index (Phi) is 6.00. The molecule has 0 radical (unpaired) electrons. The minimum Gasteiger partial charge on any atom is -0.486 e. The predicted molar refractivity (Wildman–Crippen MR) is 108 cm³/mol. The largest absolute Gasteiger partial charge is 0.486 e. The first-order valence-electron chi connectivity index (χ1n) is 8.67. The van der Waals surface area contributed by atoms with Crippen LogP contribution < -0.4 is 19.1 Å². The fourth-order valence-corrected chi connectivity index (χ4v) is 4.30. The first-order valence-corrected chi connectivity index (χ1v) is 10.9. The zero-order chi connectivity index (χ0) is 20.3. The van der Waals surface area contributed by atoms with Crippen LogP contribution in [0.5, 0.6) is 11.5 Å². The zero-order valence-corrected chi connectivity index (χ0v) is 17.0.